The van der Waals surface area contributed by atoms with Gasteiger partial charge in [-0.3, -0.25) is 0 Å². The molecule has 1 aliphatic rings. The van der Waals surface area contributed by atoms with Crippen LogP contribution in [0.3, 0.4) is 0 Å². The number of hydrogen-bond acceptors (Lipinski definition) is 2. The summed E-state index contributed by atoms with van der Waals surface area (Å²) in [5.41, 5.74) is 1.48. The Morgan fingerprint density at radius 3 is 2.90 bits per heavy atom. The SMILES string of the molecule is C[C@@H](CCCC1CNCCO1)c1cccc2ccccc12. The van der Waals surface area contributed by atoms with Gasteiger partial charge < -0.3 is 10.1 Å². The van der Waals surface area contributed by atoms with E-state index in [2.05, 4.69) is 54.7 Å². The van der Waals surface area contributed by atoms with Crippen molar-refractivity contribution in [3.8, 4) is 0 Å². The fourth-order valence-corrected chi connectivity index (χ4v) is 3.29. The first-order valence-electron chi connectivity index (χ1n) is 8.14. The summed E-state index contributed by atoms with van der Waals surface area (Å²) in [5.74, 6) is 0.604. The summed E-state index contributed by atoms with van der Waals surface area (Å²) >= 11 is 0. The maximum Gasteiger partial charge on any atom is 0.0700 e. The van der Waals surface area contributed by atoms with Crippen LogP contribution in [0.15, 0.2) is 42.5 Å². The summed E-state index contributed by atoms with van der Waals surface area (Å²) in [7, 11) is 0. The molecule has 1 saturated heterocycles. The summed E-state index contributed by atoms with van der Waals surface area (Å²) in [5, 5.41) is 6.16. The molecule has 3 rings (SSSR count). The highest BCUT2D eigenvalue weighted by atomic mass is 16.5. The molecule has 2 aromatic carbocycles. The van der Waals surface area contributed by atoms with Gasteiger partial charge in [0.1, 0.15) is 0 Å². The zero-order valence-electron chi connectivity index (χ0n) is 12.8. The fraction of sp³-hybridized carbons (Fsp3) is 0.474. The summed E-state index contributed by atoms with van der Waals surface area (Å²) in [6.45, 7) is 5.23. The first kappa shape index (κ1) is 14.6. The van der Waals surface area contributed by atoms with Gasteiger partial charge >= 0.3 is 0 Å². The molecule has 2 nitrogen and oxygen atoms in total. The lowest BCUT2D eigenvalue weighted by Crippen LogP contribution is -2.38. The maximum atomic E-state index is 5.77. The van der Waals surface area contributed by atoms with Crippen LogP contribution in [-0.2, 0) is 4.74 Å². The highest BCUT2D eigenvalue weighted by Crippen LogP contribution is 2.29. The molecule has 2 heteroatoms. The Hall–Kier alpha value is -1.38. The van der Waals surface area contributed by atoms with Crippen LogP contribution >= 0.6 is 0 Å². The molecule has 0 bridgehead atoms. The molecule has 0 aromatic heterocycles. The van der Waals surface area contributed by atoms with E-state index in [-0.39, 0.29) is 0 Å². The van der Waals surface area contributed by atoms with E-state index in [1.165, 1.54) is 35.6 Å². The third-order valence-electron chi connectivity index (χ3n) is 4.52. The van der Waals surface area contributed by atoms with Crippen LogP contribution < -0.4 is 5.32 Å². The molecule has 2 atom stereocenters. The first-order chi connectivity index (χ1) is 10.3. The Morgan fingerprint density at radius 2 is 2.05 bits per heavy atom. The molecule has 0 radical (unpaired) electrons. The molecule has 0 saturated carbocycles. The van der Waals surface area contributed by atoms with Crippen LogP contribution in [0.4, 0.5) is 0 Å². The third kappa shape index (κ3) is 3.63. The van der Waals surface area contributed by atoms with Crippen molar-refractivity contribution >= 4 is 10.8 Å². The molecule has 0 aliphatic carbocycles. The van der Waals surface area contributed by atoms with Crippen molar-refractivity contribution in [2.75, 3.05) is 19.7 Å². The van der Waals surface area contributed by atoms with Crippen molar-refractivity contribution in [1.29, 1.82) is 0 Å². The van der Waals surface area contributed by atoms with Gasteiger partial charge in [0.2, 0.25) is 0 Å². The molecule has 2 aromatic rings. The molecule has 0 amide bonds. The topological polar surface area (TPSA) is 21.3 Å². The number of nitrogens with one attached hydrogen (secondary N) is 1. The lowest BCUT2D eigenvalue weighted by Gasteiger charge is -2.24. The smallest absolute Gasteiger partial charge is 0.0700 e. The van der Waals surface area contributed by atoms with E-state index in [1.807, 2.05) is 0 Å². The van der Waals surface area contributed by atoms with Crippen molar-refractivity contribution in [3.05, 3.63) is 48.0 Å². The predicted molar refractivity (Wildman–Crippen MR) is 88.8 cm³/mol. The summed E-state index contributed by atoms with van der Waals surface area (Å²) in [6, 6.07) is 15.4. The third-order valence-corrected chi connectivity index (χ3v) is 4.52. The first-order valence-corrected chi connectivity index (χ1v) is 8.14. The molecule has 1 aliphatic heterocycles. The van der Waals surface area contributed by atoms with Crippen LogP contribution in [0.25, 0.3) is 10.8 Å². The highest BCUT2D eigenvalue weighted by Gasteiger charge is 2.14. The quantitative estimate of drug-likeness (QED) is 0.892. The second-order valence-corrected chi connectivity index (χ2v) is 6.10. The van der Waals surface area contributed by atoms with Crippen molar-refractivity contribution in [2.24, 2.45) is 0 Å². The standard InChI is InChI=1S/C19H25NO/c1-15(6-4-9-17-14-20-12-13-21-17)18-11-5-8-16-7-2-3-10-19(16)18/h2-3,5,7-8,10-11,15,17,20H,4,6,9,12-14H2,1H3/t15-,17?/m0/s1. The second kappa shape index (κ2) is 7.06. The predicted octanol–water partition coefficient (Wildman–Crippen LogP) is 4.10. The number of morpholine rings is 1. The normalized spacial score (nSPS) is 20.5. The maximum absolute atomic E-state index is 5.77. The monoisotopic (exact) mass is 283 g/mol. The minimum Gasteiger partial charge on any atom is -0.376 e. The van der Waals surface area contributed by atoms with Gasteiger partial charge in [0.15, 0.2) is 0 Å². The average molecular weight is 283 g/mol. The van der Waals surface area contributed by atoms with Crippen molar-refractivity contribution in [1.82, 2.24) is 5.32 Å². The molecule has 0 spiro atoms. The van der Waals surface area contributed by atoms with Gasteiger partial charge in [-0.05, 0) is 35.1 Å². The van der Waals surface area contributed by atoms with E-state index < -0.39 is 0 Å². The number of fused-ring (bicyclic) bond motifs is 1. The molecule has 21 heavy (non-hydrogen) atoms. The van der Waals surface area contributed by atoms with E-state index in [0.717, 1.165) is 19.7 Å². The Labute approximate surface area is 127 Å². The van der Waals surface area contributed by atoms with E-state index in [0.29, 0.717) is 12.0 Å². The molecule has 112 valence electrons. The molecular formula is C19H25NO. The Kier molecular flexibility index (Phi) is 4.89. The molecular weight excluding hydrogens is 258 g/mol. The zero-order chi connectivity index (χ0) is 14.5. The van der Waals surface area contributed by atoms with Crippen LogP contribution in [-0.4, -0.2) is 25.8 Å². The van der Waals surface area contributed by atoms with E-state index in [9.17, 15) is 0 Å². The second-order valence-electron chi connectivity index (χ2n) is 6.10. The fourth-order valence-electron chi connectivity index (χ4n) is 3.29. The van der Waals surface area contributed by atoms with Gasteiger partial charge in [0, 0.05) is 13.1 Å². The summed E-state index contributed by atoms with van der Waals surface area (Å²) < 4.78 is 5.77. The molecule has 1 fully saturated rings. The van der Waals surface area contributed by atoms with Crippen molar-refractivity contribution in [3.63, 3.8) is 0 Å². The number of hydrogen-bond donors (Lipinski definition) is 1. The van der Waals surface area contributed by atoms with Crippen molar-refractivity contribution < 1.29 is 4.74 Å². The average Bonchev–Trinajstić information content (AvgIpc) is 2.55. The molecule has 1 heterocycles. The highest BCUT2D eigenvalue weighted by molar-refractivity contribution is 5.86. The van der Waals surface area contributed by atoms with Gasteiger partial charge in [0.05, 0.1) is 12.7 Å². The van der Waals surface area contributed by atoms with Gasteiger partial charge in [-0.25, -0.2) is 0 Å². The van der Waals surface area contributed by atoms with E-state index in [1.54, 1.807) is 0 Å². The number of rotatable bonds is 5. The largest absolute Gasteiger partial charge is 0.376 e. The lowest BCUT2D eigenvalue weighted by molar-refractivity contribution is 0.0219. The van der Waals surface area contributed by atoms with E-state index >= 15 is 0 Å². The Balaban J connectivity index is 1.60. The van der Waals surface area contributed by atoms with E-state index in [4.69, 9.17) is 4.74 Å². The van der Waals surface area contributed by atoms with Gasteiger partial charge in [-0.2, -0.15) is 0 Å². The summed E-state index contributed by atoms with van der Waals surface area (Å²) in [6.07, 6.45) is 4.05. The minimum atomic E-state index is 0.415. The van der Waals surface area contributed by atoms with Crippen LogP contribution in [0.5, 0.6) is 0 Å². The molecule has 1 N–H and O–H groups in total. The van der Waals surface area contributed by atoms with Gasteiger partial charge in [-0.15, -0.1) is 0 Å². The lowest BCUT2D eigenvalue weighted by atomic mass is 9.90. The molecule has 1 unspecified atom stereocenters. The Morgan fingerprint density at radius 1 is 1.19 bits per heavy atom. The number of benzene rings is 2. The van der Waals surface area contributed by atoms with Crippen molar-refractivity contribution in [2.45, 2.75) is 38.2 Å². The number of ether oxygens (including phenoxy) is 1. The summed E-state index contributed by atoms with van der Waals surface area (Å²) in [4.78, 5) is 0. The van der Waals surface area contributed by atoms with Gasteiger partial charge in [0.25, 0.3) is 0 Å². The minimum absolute atomic E-state index is 0.415. The van der Waals surface area contributed by atoms with Crippen LogP contribution in [0, 0.1) is 0 Å². The van der Waals surface area contributed by atoms with Crippen LogP contribution in [0.2, 0.25) is 0 Å². The van der Waals surface area contributed by atoms with Gasteiger partial charge in [-0.1, -0.05) is 55.8 Å². The zero-order valence-corrected chi connectivity index (χ0v) is 12.8. The Bertz CT molecular complexity index is 569. The van der Waals surface area contributed by atoms with Crippen LogP contribution in [0.1, 0.15) is 37.7 Å².